The van der Waals surface area contributed by atoms with Crippen LogP contribution in [0.1, 0.15) is 55.7 Å². The maximum Gasteiger partial charge on any atom is 0.460 e. The lowest BCUT2D eigenvalue weighted by atomic mass is 9.71. The summed E-state index contributed by atoms with van der Waals surface area (Å²) in [7, 11) is 0. The molecule has 2 aromatic carbocycles. The summed E-state index contributed by atoms with van der Waals surface area (Å²) in [6.45, 7) is 2.78. The Labute approximate surface area is 221 Å². The normalized spacial score (nSPS) is 16.5. The lowest BCUT2D eigenvalue weighted by molar-refractivity contribution is -0.441. The number of unbranched alkanes of at least 4 members (excludes halogenated alkanes) is 1. The van der Waals surface area contributed by atoms with Crippen LogP contribution in [0.5, 0.6) is 0 Å². The van der Waals surface area contributed by atoms with Crippen LogP contribution in [0.3, 0.4) is 0 Å². The molecule has 0 aliphatic carbocycles. The molecule has 0 aliphatic rings. The van der Waals surface area contributed by atoms with Crippen LogP contribution in [0.4, 0.5) is 57.1 Å². The maximum absolute atomic E-state index is 15.1. The van der Waals surface area contributed by atoms with E-state index in [1.54, 1.807) is 6.92 Å². The zero-order valence-electron chi connectivity index (χ0n) is 21.0. The molecule has 1 N–H and O–H groups in total. The van der Waals surface area contributed by atoms with Crippen molar-refractivity contribution in [1.82, 2.24) is 0 Å². The number of hydrogen-bond donors (Lipinski definition) is 1. The van der Waals surface area contributed by atoms with E-state index in [1.807, 2.05) is 0 Å². The summed E-state index contributed by atoms with van der Waals surface area (Å²) in [5.74, 6) is -39.3. The maximum atomic E-state index is 15.1. The number of hydrogen-bond acceptors (Lipinski definition) is 1. The van der Waals surface area contributed by atoms with E-state index in [2.05, 4.69) is 0 Å². The highest BCUT2D eigenvalue weighted by atomic mass is 19.4. The smallest absolute Gasteiger partial charge is 0.384 e. The Bertz CT molecular complexity index is 1130. The van der Waals surface area contributed by atoms with Crippen LogP contribution < -0.4 is 0 Å². The second-order valence-corrected chi connectivity index (χ2v) is 9.49. The van der Waals surface area contributed by atoms with Gasteiger partial charge in [0.1, 0.15) is 5.60 Å². The van der Waals surface area contributed by atoms with Crippen LogP contribution in [0.2, 0.25) is 0 Å². The molecule has 0 radical (unpaired) electrons. The standard InChI is InChI=1S/C26H25F13O/c1-3-4-10-18-13-8-9-14-19(18)20(40,16(2)17-11-6-5-7-12-17)15-21(27,28)22(29,30)23(31,32)24(33,34)25(35,36)26(37,38)39/h5-9,11-14,16,40H,3-4,10,15H2,1-2H3. The molecule has 0 saturated carbocycles. The minimum absolute atomic E-state index is 0.00936. The van der Waals surface area contributed by atoms with Crippen LogP contribution in [-0.4, -0.2) is 40.9 Å². The molecule has 2 rings (SSSR count). The summed E-state index contributed by atoms with van der Waals surface area (Å²) >= 11 is 0. The Hall–Kier alpha value is -2.51. The molecule has 0 aliphatic heterocycles. The number of aliphatic hydroxyl groups is 1. The van der Waals surface area contributed by atoms with Crippen molar-refractivity contribution < 1.29 is 62.2 Å². The first-order valence-electron chi connectivity index (χ1n) is 11.8. The molecule has 14 heteroatoms. The van der Waals surface area contributed by atoms with Gasteiger partial charge in [-0.05, 0) is 29.5 Å². The molecule has 0 spiro atoms. The summed E-state index contributed by atoms with van der Waals surface area (Å²) in [5, 5.41) is 11.6. The van der Waals surface area contributed by atoms with Gasteiger partial charge in [0.25, 0.3) is 0 Å². The number of aryl methyl sites for hydroxylation is 1. The first-order valence-corrected chi connectivity index (χ1v) is 11.8. The topological polar surface area (TPSA) is 20.2 Å². The van der Waals surface area contributed by atoms with E-state index >= 15 is 8.78 Å². The van der Waals surface area contributed by atoms with Crippen molar-refractivity contribution in [2.75, 3.05) is 0 Å². The molecule has 226 valence electrons. The van der Waals surface area contributed by atoms with Gasteiger partial charge >= 0.3 is 35.8 Å². The molecule has 0 fully saturated rings. The third kappa shape index (κ3) is 5.52. The Kier molecular flexibility index (Phi) is 9.31. The third-order valence-electron chi connectivity index (χ3n) is 6.79. The molecule has 40 heavy (non-hydrogen) atoms. The molecule has 0 heterocycles. The molecule has 0 aromatic heterocycles. The fourth-order valence-electron chi connectivity index (χ4n) is 4.28. The van der Waals surface area contributed by atoms with Gasteiger partial charge in [-0.3, -0.25) is 0 Å². The second-order valence-electron chi connectivity index (χ2n) is 9.49. The highest BCUT2D eigenvalue weighted by molar-refractivity contribution is 5.37. The van der Waals surface area contributed by atoms with E-state index < -0.39 is 59.3 Å². The molecule has 2 unspecified atom stereocenters. The average molecular weight is 600 g/mol. The summed E-state index contributed by atoms with van der Waals surface area (Å²) in [5.41, 5.74) is -3.58. The number of rotatable bonds is 12. The van der Waals surface area contributed by atoms with Crippen LogP contribution in [0.25, 0.3) is 0 Å². The molecular formula is C26H25F13O. The summed E-state index contributed by atoms with van der Waals surface area (Å²) < 4.78 is 179. The van der Waals surface area contributed by atoms with Crippen molar-refractivity contribution in [3.05, 3.63) is 71.3 Å². The van der Waals surface area contributed by atoms with Gasteiger partial charge in [0.2, 0.25) is 0 Å². The molecule has 1 nitrogen and oxygen atoms in total. The minimum atomic E-state index is -8.01. The van der Waals surface area contributed by atoms with Crippen molar-refractivity contribution in [3.8, 4) is 0 Å². The van der Waals surface area contributed by atoms with E-state index in [9.17, 15) is 53.4 Å². The largest absolute Gasteiger partial charge is 0.460 e. The van der Waals surface area contributed by atoms with E-state index in [0.717, 1.165) is 13.0 Å². The molecule has 0 saturated heterocycles. The molecule has 0 bridgehead atoms. The monoisotopic (exact) mass is 600 g/mol. The van der Waals surface area contributed by atoms with Crippen LogP contribution in [0, 0.1) is 0 Å². The van der Waals surface area contributed by atoms with Gasteiger partial charge in [0.05, 0.1) is 6.42 Å². The van der Waals surface area contributed by atoms with E-state index in [1.165, 1.54) is 48.5 Å². The van der Waals surface area contributed by atoms with Crippen molar-refractivity contribution in [2.45, 2.75) is 86.8 Å². The predicted molar refractivity (Wildman–Crippen MR) is 119 cm³/mol. The van der Waals surface area contributed by atoms with Gasteiger partial charge < -0.3 is 5.11 Å². The second kappa shape index (κ2) is 11.1. The van der Waals surface area contributed by atoms with Crippen LogP contribution >= 0.6 is 0 Å². The highest BCUT2D eigenvalue weighted by Gasteiger charge is 2.90. The summed E-state index contributed by atoms with van der Waals surface area (Å²) in [6, 6.07) is 11.6. The molecule has 2 aromatic rings. The van der Waals surface area contributed by atoms with Crippen molar-refractivity contribution in [3.63, 3.8) is 0 Å². The lowest BCUT2D eigenvalue weighted by Gasteiger charge is -2.43. The molecular weight excluding hydrogens is 575 g/mol. The van der Waals surface area contributed by atoms with Gasteiger partial charge in [-0.2, -0.15) is 57.1 Å². The summed E-state index contributed by atoms with van der Waals surface area (Å²) in [4.78, 5) is 0. The van der Waals surface area contributed by atoms with Crippen molar-refractivity contribution in [1.29, 1.82) is 0 Å². The Morgan fingerprint density at radius 3 is 1.62 bits per heavy atom. The Morgan fingerprint density at radius 1 is 0.650 bits per heavy atom. The lowest BCUT2D eigenvalue weighted by Crippen LogP contribution is -2.70. The number of halogens is 13. The van der Waals surface area contributed by atoms with Crippen molar-refractivity contribution in [2.24, 2.45) is 0 Å². The van der Waals surface area contributed by atoms with Crippen LogP contribution in [0.15, 0.2) is 54.6 Å². The third-order valence-corrected chi connectivity index (χ3v) is 6.79. The van der Waals surface area contributed by atoms with Crippen LogP contribution in [-0.2, 0) is 12.0 Å². The SMILES string of the molecule is CCCCc1ccccc1C(O)(CC(F)(F)C(F)(F)C(F)(F)C(F)(F)C(F)(F)C(F)(F)F)C(C)c1ccccc1. The van der Waals surface area contributed by atoms with E-state index in [-0.39, 0.29) is 17.5 Å². The molecule has 0 amide bonds. The van der Waals surface area contributed by atoms with Gasteiger partial charge in [0.15, 0.2) is 0 Å². The average Bonchev–Trinajstić information content (AvgIpc) is 2.86. The fourth-order valence-corrected chi connectivity index (χ4v) is 4.28. The summed E-state index contributed by atoms with van der Waals surface area (Å²) in [6.07, 6.45) is -9.24. The van der Waals surface area contributed by atoms with Gasteiger partial charge in [-0.1, -0.05) is 74.9 Å². The van der Waals surface area contributed by atoms with E-state index in [0.29, 0.717) is 12.8 Å². The zero-order chi connectivity index (χ0) is 31.0. The van der Waals surface area contributed by atoms with E-state index in [4.69, 9.17) is 0 Å². The van der Waals surface area contributed by atoms with Crippen molar-refractivity contribution >= 4 is 0 Å². The Morgan fingerprint density at radius 2 is 1.12 bits per heavy atom. The fraction of sp³-hybridized carbons (Fsp3) is 0.538. The number of benzene rings is 2. The first kappa shape index (κ1) is 33.7. The first-order chi connectivity index (χ1) is 18.0. The van der Waals surface area contributed by atoms with Gasteiger partial charge in [0, 0.05) is 5.92 Å². The molecule has 2 atom stereocenters. The minimum Gasteiger partial charge on any atom is -0.384 e. The zero-order valence-corrected chi connectivity index (χ0v) is 21.0. The van der Waals surface area contributed by atoms with Gasteiger partial charge in [-0.15, -0.1) is 0 Å². The van der Waals surface area contributed by atoms with Gasteiger partial charge in [-0.25, -0.2) is 0 Å². The quantitative estimate of drug-likeness (QED) is 0.241. The number of alkyl halides is 13. The predicted octanol–water partition coefficient (Wildman–Crippen LogP) is 9.15. The highest BCUT2D eigenvalue weighted by Crippen LogP contribution is 2.62. The Balaban J connectivity index is 2.74.